The van der Waals surface area contributed by atoms with Gasteiger partial charge in [0.05, 0.1) is 0 Å². The standard InChI is InChI=1S/C17H32N4/c1-6-9-21(11-10-20(4)5)17-8-7-16(14-19-17)13-18-12-15(2)3/h7-8,14-15,18H,6,9-13H2,1-5H3. The molecule has 0 fully saturated rings. The largest absolute Gasteiger partial charge is 0.355 e. The van der Waals surface area contributed by atoms with Crippen LogP contribution in [0.2, 0.25) is 0 Å². The second-order valence-corrected chi connectivity index (χ2v) is 6.34. The zero-order chi connectivity index (χ0) is 15.7. The maximum absolute atomic E-state index is 4.64. The molecule has 1 aromatic heterocycles. The summed E-state index contributed by atoms with van der Waals surface area (Å²) < 4.78 is 0. The first kappa shape index (κ1) is 17.9. The number of rotatable bonds is 10. The van der Waals surface area contributed by atoms with Crippen LogP contribution in [0, 0.1) is 5.92 Å². The van der Waals surface area contributed by atoms with Crippen molar-refractivity contribution in [3.63, 3.8) is 0 Å². The molecule has 0 aliphatic heterocycles. The Hall–Kier alpha value is -1.13. The first-order valence-corrected chi connectivity index (χ1v) is 8.08. The van der Waals surface area contributed by atoms with Crippen LogP contribution < -0.4 is 10.2 Å². The third-order valence-electron chi connectivity index (χ3n) is 3.33. The van der Waals surface area contributed by atoms with Crippen LogP contribution in [0.5, 0.6) is 0 Å². The van der Waals surface area contributed by atoms with Gasteiger partial charge in [-0.05, 0) is 44.6 Å². The number of aromatic nitrogens is 1. The molecule has 1 rings (SSSR count). The summed E-state index contributed by atoms with van der Waals surface area (Å²) in [4.78, 5) is 9.22. The van der Waals surface area contributed by atoms with Gasteiger partial charge >= 0.3 is 0 Å². The maximum atomic E-state index is 4.64. The van der Waals surface area contributed by atoms with Gasteiger partial charge < -0.3 is 15.1 Å². The third-order valence-corrected chi connectivity index (χ3v) is 3.33. The number of nitrogens with zero attached hydrogens (tertiary/aromatic N) is 3. The first-order valence-electron chi connectivity index (χ1n) is 8.08. The van der Waals surface area contributed by atoms with Crippen molar-refractivity contribution in [1.82, 2.24) is 15.2 Å². The number of likely N-dealkylation sites (N-methyl/N-ethyl adjacent to an activating group) is 1. The molecule has 120 valence electrons. The fraction of sp³-hybridized carbons (Fsp3) is 0.706. The van der Waals surface area contributed by atoms with Gasteiger partial charge in [0.25, 0.3) is 0 Å². The van der Waals surface area contributed by atoms with Gasteiger partial charge in [-0.2, -0.15) is 0 Å². The van der Waals surface area contributed by atoms with E-state index < -0.39 is 0 Å². The average Bonchev–Trinajstić information content (AvgIpc) is 2.44. The van der Waals surface area contributed by atoms with Crippen molar-refractivity contribution in [2.45, 2.75) is 33.7 Å². The lowest BCUT2D eigenvalue weighted by atomic mass is 10.2. The Labute approximate surface area is 130 Å². The second-order valence-electron chi connectivity index (χ2n) is 6.34. The first-order chi connectivity index (χ1) is 10.0. The van der Waals surface area contributed by atoms with Crippen molar-refractivity contribution >= 4 is 5.82 Å². The van der Waals surface area contributed by atoms with Crippen LogP contribution >= 0.6 is 0 Å². The Morgan fingerprint density at radius 1 is 1.14 bits per heavy atom. The van der Waals surface area contributed by atoms with Crippen LogP contribution in [0.25, 0.3) is 0 Å². The normalized spacial score (nSPS) is 11.4. The summed E-state index contributed by atoms with van der Waals surface area (Å²) in [6.45, 7) is 11.8. The summed E-state index contributed by atoms with van der Waals surface area (Å²) in [7, 11) is 4.22. The zero-order valence-corrected chi connectivity index (χ0v) is 14.4. The van der Waals surface area contributed by atoms with Gasteiger partial charge in [0.15, 0.2) is 0 Å². The number of anilines is 1. The molecule has 1 aromatic rings. The molecule has 0 unspecified atom stereocenters. The SMILES string of the molecule is CCCN(CCN(C)C)c1ccc(CNCC(C)C)cn1. The fourth-order valence-electron chi connectivity index (χ4n) is 2.15. The lowest BCUT2D eigenvalue weighted by Crippen LogP contribution is -2.32. The fourth-order valence-corrected chi connectivity index (χ4v) is 2.15. The van der Waals surface area contributed by atoms with Crippen molar-refractivity contribution in [1.29, 1.82) is 0 Å². The van der Waals surface area contributed by atoms with Crippen molar-refractivity contribution < 1.29 is 0 Å². The molecule has 0 saturated carbocycles. The molecule has 0 aromatic carbocycles. The monoisotopic (exact) mass is 292 g/mol. The van der Waals surface area contributed by atoms with Crippen molar-refractivity contribution in [2.24, 2.45) is 5.92 Å². The van der Waals surface area contributed by atoms with Gasteiger partial charge in [-0.1, -0.05) is 26.8 Å². The molecule has 0 radical (unpaired) electrons. The van der Waals surface area contributed by atoms with E-state index in [9.17, 15) is 0 Å². The number of hydrogen-bond donors (Lipinski definition) is 1. The molecule has 0 saturated heterocycles. The molecular weight excluding hydrogens is 260 g/mol. The zero-order valence-electron chi connectivity index (χ0n) is 14.4. The van der Waals surface area contributed by atoms with E-state index in [0.29, 0.717) is 5.92 Å². The van der Waals surface area contributed by atoms with E-state index in [2.05, 4.69) is 67.1 Å². The topological polar surface area (TPSA) is 31.4 Å². The summed E-state index contributed by atoms with van der Waals surface area (Å²) in [5.41, 5.74) is 1.25. The van der Waals surface area contributed by atoms with E-state index in [-0.39, 0.29) is 0 Å². The van der Waals surface area contributed by atoms with E-state index in [1.165, 1.54) is 5.56 Å². The Morgan fingerprint density at radius 3 is 2.43 bits per heavy atom. The Morgan fingerprint density at radius 2 is 1.90 bits per heavy atom. The predicted molar refractivity (Wildman–Crippen MR) is 91.8 cm³/mol. The van der Waals surface area contributed by atoms with Crippen molar-refractivity contribution in [3.8, 4) is 0 Å². The van der Waals surface area contributed by atoms with E-state index in [1.54, 1.807) is 0 Å². The molecule has 1 N–H and O–H groups in total. The molecule has 0 aliphatic carbocycles. The maximum Gasteiger partial charge on any atom is 0.128 e. The minimum Gasteiger partial charge on any atom is -0.355 e. The molecular formula is C17H32N4. The second kappa shape index (κ2) is 9.74. The van der Waals surface area contributed by atoms with Gasteiger partial charge in [0.2, 0.25) is 0 Å². The molecule has 0 aliphatic rings. The van der Waals surface area contributed by atoms with Gasteiger partial charge in [-0.25, -0.2) is 4.98 Å². The molecule has 4 heteroatoms. The van der Waals surface area contributed by atoms with Crippen LogP contribution in [0.3, 0.4) is 0 Å². The lowest BCUT2D eigenvalue weighted by molar-refractivity contribution is 0.412. The number of nitrogens with one attached hydrogen (secondary N) is 1. The Balaban J connectivity index is 2.55. The quantitative estimate of drug-likeness (QED) is 0.718. The van der Waals surface area contributed by atoms with Crippen LogP contribution in [0.1, 0.15) is 32.8 Å². The van der Waals surface area contributed by atoms with E-state index in [0.717, 1.165) is 45.0 Å². The van der Waals surface area contributed by atoms with Crippen LogP contribution in [-0.4, -0.2) is 50.2 Å². The Kier molecular flexibility index (Phi) is 8.31. The Bertz CT molecular complexity index is 373. The summed E-state index contributed by atoms with van der Waals surface area (Å²) in [5.74, 6) is 1.77. The molecule has 0 spiro atoms. The molecule has 4 nitrogen and oxygen atoms in total. The van der Waals surface area contributed by atoms with E-state index in [1.807, 2.05) is 6.20 Å². The summed E-state index contributed by atoms with van der Waals surface area (Å²) in [5, 5.41) is 3.45. The minimum atomic E-state index is 0.684. The van der Waals surface area contributed by atoms with Crippen LogP contribution in [0.4, 0.5) is 5.82 Å². The van der Waals surface area contributed by atoms with E-state index in [4.69, 9.17) is 0 Å². The van der Waals surface area contributed by atoms with Crippen molar-refractivity contribution in [2.75, 3.05) is 45.2 Å². The van der Waals surface area contributed by atoms with Gasteiger partial charge in [0.1, 0.15) is 5.82 Å². The van der Waals surface area contributed by atoms with E-state index >= 15 is 0 Å². The van der Waals surface area contributed by atoms with Crippen molar-refractivity contribution in [3.05, 3.63) is 23.9 Å². The predicted octanol–water partition coefficient (Wildman–Crippen LogP) is 2.61. The third kappa shape index (κ3) is 7.44. The van der Waals surface area contributed by atoms with Gasteiger partial charge in [-0.15, -0.1) is 0 Å². The number of hydrogen-bond acceptors (Lipinski definition) is 4. The lowest BCUT2D eigenvalue weighted by Gasteiger charge is -2.25. The highest BCUT2D eigenvalue weighted by Crippen LogP contribution is 2.12. The minimum absolute atomic E-state index is 0.684. The molecule has 0 amide bonds. The molecule has 21 heavy (non-hydrogen) atoms. The molecule has 0 atom stereocenters. The van der Waals surface area contributed by atoms with Gasteiger partial charge in [0, 0.05) is 32.4 Å². The highest BCUT2D eigenvalue weighted by atomic mass is 15.2. The smallest absolute Gasteiger partial charge is 0.128 e. The summed E-state index contributed by atoms with van der Waals surface area (Å²) in [6, 6.07) is 4.34. The van der Waals surface area contributed by atoms with Gasteiger partial charge in [-0.3, -0.25) is 0 Å². The van der Waals surface area contributed by atoms with Crippen LogP contribution in [-0.2, 0) is 6.54 Å². The highest BCUT2D eigenvalue weighted by Gasteiger charge is 2.07. The summed E-state index contributed by atoms with van der Waals surface area (Å²) in [6.07, 6.45) is 3.15. The number of pyridine rings is 1. The highest BCUT2D eigenvalue weighted by molar-refractivity contribution is 5.39. The summed E-state index contributed by atoms with van der Waals surface area (Å²) >= 11 is 0. The average molecular weight is 292 g/mol. The molecule has 0 bridgehead atoms. The van der Waals surface area contributed by atoms with Crippen LogP contribution in [0.15, 0.2) is 18.3 Å². The molecule has 1 heterocycles.